The van der Waals surface area contributed by atoms with Crippen LogP contribution in [0.3, 0.4) is 0 Å². The maximum absolute atomic E-state index is 11.3. The number of tetrazole rings is 1. The summed E-state index contributed by atoms with van der Waals surface area (Å²) in [5.74, 6) is -0.946. The van der Waals surface area contributed by atoms with Gasteiger partial charge in [0.15, 0.2) is 5.21 Å². The number of nitrogens with zero attached hydrogens (tertiary/aromatic N) is 6. The van der Waals surface area contributed by atoms with Gasteiger partial charge in [0.25, 0.3) is 6.33 Å². The SMILES string of the molecule is O=C(O)c1ccc(-c2cnn(C(Cc3ccc(CI)cc3)c3ccc(-c4cc(CI)ccc4-[n+]4cnn[nH]4)cn3)c2)cc1. The van der Waals surface area contributed by atoms with Gasteiger partial charge in [0.1, 0.15) is 10.8 Å². The normalized spacial score (nSPS) is 11.9. The van der Waals surface area contributed by atoms with Gasteiger partial charge in [-0.3, -0.25) is 9.67 Å². The summed E-state index contributed by atoms with van der Waals surface area (Å²) in [6, 6.07) is 25.9. The number of aromatic carboxylic acids is 1. The number of benzene rings is 3. The Morgan fingerprint density at radius 2 is 1.58 bits per heavy atom. The molecule has 0 bridgehead atoms. The van der Waals surface area contributed by atoms with E-state index in [-0.39, 0.29) is 11.6 Å². The summed E-state index contributed by atoms with van der Waals surface area (Å²) in [6.07, 6.45) is 8.08. The molecule has 0 radical (unpaired) electrons. The third-order valence-electron chi connectivity index (χ3n) is 7.28. The summed E-state index contributed by atoms with van der Waals surface area (Å²) in [7, 11) is 0. The van der Waals surface area contributed by atoms with E-state index in [4.69, 9.17) is 10.1 Å². The van der Waals surface area contributed by atoms with E-state index in [2.05, 4.69) is 115 Å². The van der Waals surface area contributed by atoms with Crippen LogP contribution in [0.1, 0.15) is 38.8 Å². The number of hydrogen-bond donors (Lipinski definition) is 2. The molecule has 1 unspecified atom stereocenters. The summed E-state index contributed by atoms with van der Waals surface area (Å²) in [5.41, 5.74) is 9.58. The topological polar surface area (TPSA) is 113 Å². The van der Waals surface area contributed by atoms with E-state index in [1.165, 1.54) is 16.7 Å². The highest BCUT2D eigenvalue weighted by molar-refractivity contribution is 14.1. The Hall–Kier alpha value is -3.98. The first kappa shape index (κ1) is 29.1. The van der Waals surface area contributed by atoms with Crippen LogP contribution in [0, 0.1) is 0 Å². The maximum Gasteiger partial charge on any atom is 0.335 e. The van der Waals surface area contributed by atoms with E-state index in [9.17, 15) is 9.90 Å². The minimum Gasteiger partial charge on any atom is -0.478 e. The van der Waals surface area contributed by atoms with E-state index in [0.717, 1.165) is 42.5 Å². The number of H-pyrrole nitrogens is 1. The van der Waals surface area contributed by atoms with Crippen molar-refractivity contribution < 1.29 is 14.6 Å². The number of nitrogens with one attached hydrogen (secondary N) is 1. The van der Waals surface area contributed by atoms with Crippen molar-refractivity contribution in [2.75, 3.05) is 0 Å². The zero-order chi connectivity index (χ0) is 29.8. The molecule has 0 saturated heterocycles. The fourth-order valence-corrected chi connectivity index (χ4v) is 5.93. The van der Waals surface area contributed by atoms with Crippen LogP contribution < -0.4 is 4.68 Å². The van der Waals surface area contributed by atoms with Crippen LogP contribution in [0.5, 0.6) is 0 Å². The fraction of sp³-hybridized carbons (Fsp3) is 0.125. The van der Waals surface area contributed by atoms with Gasteiger partial charge in [-0.25, -0.2) is 4.79 Å². The summed E-state index contributed by atoms with van der Waals surface area (Å²) in [5, 5.41) is 24.7. The molecule has 0 aliphatic rings. The molecule has 0 aliphatic heterocycles. The Kier molecular flexibility index (Phi) is 8.88. The first-order valence-corrected chi connectivity index (χ1v) is 16.5. The predicted octanol–water partition coefficient (Wildman–Crippen LogP) is 6.41. The number of rotatable bonds is 10. The van der Waals surface area contributed by atoms with Crippen LogP contribution in [0.2, 0.25) is 0 Å². The van der Waals surface area contributed by atoms with Crippen molar-refractivity contribution >= 4 is 51.2 Å². The number of carboxylic acids is 1. The van der Waals surface area contributed by atoms with E-state index in [0.29, 0.717) is 6.42 Å². The van der Waals surface area contributed by atoms with E-state index in [1.54, 1.807) is 23.1 Å². The molecule has 9 nitrogen and oxygen atoms in total. The largest absolute Gasteiger partial charge is 0.478 e. The van der Waals surface area contributed by atoms with Gasteiger partial charge < -0.3 is 5.11 Å². The first-order valence-electron chi connectivity index (χ1n) is 13.5. The van der Waals surface area contributed by atoms with Crippen LogP contribution >= 0.6 is 45.2 Å². The molecule has 0 spiro atoms. The minimum atomic E-state index is -0.946. The van der Waals surface area contributed by atoms with Crippen LogP contribution in [0.15, 0.2) is 104 Å². The first-order chi connectivity index (χ1) is 21.0. The average molecular weight is 794 g/mol. The predicted molar refractivity (Wildman–Crippen MR) is 180 cm³/mol. The third-order valence-corrected chi connectivity index (χ3v) is 9.04. The molecular weight excluding hydrogens is 768 g/mol. The number of halogens is 2. The minimum absolute atomic E-state index is 0.155. The number of aromatic amines is 1. The smallest absolute Gasteiger partial charge is 0.335 e. The van der Waals surface area contributed by atoms with Crippen molar-refractivity contribution in [1.82, 2.24) is 30.3 Å². The molecule has 214 valence electrons. The highest BCUT2D eigenvalue weighted by atomic mass is 127. The van der Waals surface area contributed by atoms with Gasteiger partial charge in [-0.1, -0.05) is 98.9 Å². The number of pyridine rings is 1. The summed E-state index contributed by atoms with van der Waals surface area (Å²) in [4.78, 5) is 16.3. The van der Waals surface area contributed by atoms with Gasteiger partial charge in [0, 0.05) is 44.4 Å². The van der Waals surface area contributed by atoms with Gasteiger partial charge in [-0.2, -0.15) is 5.10 Å². The van der Waals surface area contributed by atoms with Crippen molar-refractivity contribution in [3.05, 3.63) is 132 Å². The van der Waals surface area contributed by atoms with Crippen molar-refractivity contribution in [3.63, 3.8) is 0 Å². The average Bonchev–Trinajstić information content (AvgIpc) is 3.77. The molecule has 3 aromatic carbocycles. The second kappa shape index (κ2) is 13.1. The van der Waals surface area contributed by atoms with Crippen molar-refractivity contribution in [2.24, 2.45) is 0 Å². The molecule has 0 fully saturated rings. The zero-order valence-corrected chi connectivity index (χ0v) is 27.1. The van der Waals surface area contributed by atoms with Crippen LogP contribution in [-0.4, -0.2) is 41.4 Å². The molecule has 43 heavy (non-hydrogen) atoms. The van der Waals surface area contributed by atoms with Crippen LogP contribution in [-0.2, 0) is 15.3 Å². The highest BCUT2D eigenvalue weighted by Gasteiger charge is 2.20. The monoisotopic (exact) mass is 794 g/mol. The van der Waals surface area contributed by atoms with E-state index < -0.39 is 5.97 Å². The molecule has 3 heterocycles. The number of carbonyl (C=O) groups is 1. The standard InChI is InChI=1S/C32H25I2N7O2/c33-15-22-3-1-21(2-4-22)14-31(40-19-27(18-37-40)24-6-8-25(9-7-24)32(42)43)29-11-10-26(17-35-29)28-13-23(16-34)5-12-30(28)41-20-36-38-39-41/h1-13,17-20,31H,14-16H2,(H,42,43)/p+1. The van der Waals surface area contributed by atoms with Gasteiger partial charge in [0.05, 0.1) is 23.5 Å². The number of hydrogen-bond acceptors (Lipinski definition) is 5. The summed E-state index contributed by atoms with van der Waals surface area (Å²) < 4.78 is 5.59. The van der Waals surface area contributed by atoms with Crippen molar-refractivity contribution in [2.45, 2.75) is 21.3 Å². The van der Waals surface area contributed by atoms with Crippen molar-refractivity contribution in [3.8, 4) is 27.9 Å². The van der Waals surface area contributed by atoms with E-state index >= 15 is 0 Å². The molecule has 2 N–H and O–H groups in total. The molecule has 3 aromatic heterocycles. The van der Waals surface area contributed by atoms with Crippen LogP contribution in [0.25, 0.3) is 27.9 Å². The Labute approximate surface area is 275 Å². The van der Waals surface area contributed by atoms with E-state index in [1.807, 2.05) is 35.4 Å². The molecule has 11 heteroatoms. The lowest BCUT2D eigenvalue weighted by atomic mass is 9.99. The lowest BCUT2D eigenvalue weighted by Gasteiger charge is -2.18. The molecule has 6 rings (SSSR count). The van der Waals surface area contributed by atoms with Crippen molar-refractivity contribution in [1.29, 1.82) is 0 Å². The number of carboxylic acid groups (broad SMARTS) is 1. The molecule has 0 aliphatic carbocycles. The van der Waals surface area contributed by atoms with Gasteiger partial charge >= 0.3 is 5.97 Å². The van der Waals surface area contributed by atoms with Gasteiger partial charge in [-0.15, -0.1) is 4.68 Å². The molecule has 0 amide bonds. The summed E-state index contributed by atoms with van der Waals surface area (Å²) >= 11 is 4.74. The fourth-order valence-electron chi connectivity index (χ4n) is 4.95. The lowest BCUT2D eigenvalue weighted by molar-refractivity contribution is -0.659. The zero-order valence-electron chi connectivity index (χ0n) is 22.8. The van der Waals surface area contributed by atoms with Gasteiger partial charge in [-0.05, 0) is 52.6 Å². The quantitative estimate of drug-likeness (QED) is 0.0943. The third kappa shape index (κ3) is 6.51. The Morgan fingerprint density at radius 1 is 0.860 bits per heavy atom. The number of alkyl halides is 2. The van der Waals surface area contributed by atoms with Crippen LogP contribution in [0.4, 0.5) is 0 Å². The lowest BCUT2D eigenvalue weighted by Crippen LogP contribution is -2.32. The Balaban J connectivity index is 1.36. The maximum atomic E-state index is 11.3. The number of aromatic nitrogens is 7. The summed E-state index contributed by atoms with van der Waals surface area (Å²) in [6.45, 7) is 0. The molecule has 1 atom stereocenters. The Bertz CT molecular complexity index is 1840. The second-order valence-electron chi connectivity index (χ2n) is 10.0. The highest BCUT2D eigenvalue weighted by Crippen LogP contribution is 2.30. The molecule has 0 saturated carbocycles. The second-order valence-corrected chi connectivity index (χ2v) is 11.5. The Morgan fingerprint density at radius 3 is 2.23 bits per heavy atom. The van der Waals surface area contributed by atoms with Gasteiger partial charge in [0.2, 0.25) is 0 Å². The molecular formula is C32H26I2N7O2+. The molecule has 6 aromatic rings.